The van der Waals surface area contributed by atoms with Crippen LogP contribution in [0.15, 0.2) is 67.0 Å². The van der Waals surface area contributed by atoms with Crippen molar-refractivity contribution in [2.75, 3.05) is 49.1 Å². The van der Waals surface area contributed by atoms with Crippen molar-refractivity contribution in [3.63, 3.8) is 0 Å². The molecule has 2 fully saturated rings. The summed E-state index contributed by atoms with van der Waals surface area (Å²) in [5.74, 6) is -0.648. The molecule has 0 aliphatic carbocycles. The molecular formula is C27H30N6O4. The molecule has 2 saturated heterocycles. The Hall–Kier alpha value is -4.05. The van der Waals surface area contributed by atoms with Gasteiger partial charge < -0.3 is 14.9 Å². The van der Waals surface area contributed by atoms with Crippen LogP contribution in [0.3, 0.4) is 0 Å². The summed E-state index contributed by atoms with van der Waals surface area (Å²) in [4.78, 5) is 37.9. The van der Waals surface area contributed by atoms with E-state index in [2.05, 4.69) is 39.1 Å². The lowest BCUT2D eigenvalue weighted by atomic mass is 9.96. The molecule has 10 nitrogen and oxygen atoms in total. The van der Waals surface area contributed by atoms with Gasteiger partial charge in [-0.25, -0.2) is 9.97 Å². The smallest absolute Gasteiger partial charge is 0.353 e. The van der Waals surface area contributed by atoms with Gasteiger partial charge in [-0.3, -0.25) is 19.8 Å². The maximum absolute atomic E-state index is 12.2. The van der Waals surface area contributed by atoms with Gasteiger partial charge in [-0.1, -0.05) is 60.7 Å². The number of rotatable bonds is 7. The number of carboxylic acid groups (broad SMARTS) is 1. The van der Waals surface area contributed by atoms with Crippen LogP contribution in [0.2, 0.25) is 0 Å². The summed E-state index contributed by atoms with van der Waals surface area (Å²) in [6.07, 6.45) is 2.25. The van der Waals surface area contributed by atoms with E-state index in [9.17, 15) is 20.0 Å². The van der Waals surface area contributed by atoms with Crippen LogP contribution in [-0.2, 0) is 4.79 Å². The fraction of sp³-hybridized carbons (Fsp3) is 0.370. The largest absolute Gasteiger partial charge is 0.481 e. The summed E-state index contributed by atoms with van der Waals surface area (Å²) >= 11 is 0. The van der Waals surface area contributed by atoms with E-state index in [0.717, 1.165) is 13.1 Å². The molecule has 1 N–H and O–H groups in total. The number of aromatic nitrogens is 2. The molecule has 3 aromatic rings. The number of nitrogens with zero attached hydrogens (tertiary/aromatic N) is 6. The highest BCUT2D eigenvalue weighted by Crippen LogP contribution is 2.37. The zero-order valence-electron chi connectivity index (χ0n) is 20.5. The van der Waals surface area contributed by atoms with E-state index in [4.69, 9.17) is 0 Å². The van der Waals surface area contributed by atoms with Crippen LogP contribution >= 0.6 is 0 Å². The van der Waals surface area contributed by atoms with Crippen molar-refractivity contribution in [2.24, 2.45) is 5.92 Å². The van der Waals surface area contributed by atoms with Gasteiger partial charge in [0.1, 0.15) is 6.33 Å². The number of nitro groups is 1. The molecule has 0 spiro atoms. The quantitative estimate of drug-likeness (QED) is 0.382. The number of carboxylic acids is 1. The first-order valence-electron chi connectivity index (χ1n) is 12.6. The predicted octanol–water partition coefficient (Wildman–Crippen LogP) is 3.60. The fourth-order valence-corrected chi connectivity index (χ4v) is 5.40. The zero-order valence-corrected chi connectivity index (χ0v) is 20.5. The molecule has 192 valence electrons. The van der Waals surface area contributed by atoms with E-state index >= 15 is 0 Å². The van der Waals surface area contributed by atoms with Crippen LogP contribution in [0.1, 0.15) is 30.0 Å². The standard InChI is InChI=1S/C27H30N6O4/c34-27(35)22-11-13-31(14-12-22)25-24(33(36)37)26(29-19-28-25)32-17-15-30(16-18-32)23(20-7-3-1-4-8-20)21-9-5-2-6-10-21/h1-10,19,22-23H,11-18H2,(H,34,35). The van der Waals surface area contributed by atoms with E-state index < -0.39 is 16.8 Å². The lowest BCUT2D eigenvalue weighted by molar-refractivity contribution is -0.383. The van der Waals surface area contributed by atoms with E-state index in [1.165, 1.54) is 17.5 Å². The van der Waals surface area contributed by atoms with E-state index in [0.29, 0.717) is 44.8 Å². The highest BCUT2D eigenvalue weighted by Gasteiger charge is 2.35. The van der Waals surface area contributed by atoms with Gasteiger partial charge >= 0.3 is 11.7 Å². The summed E-state index contributed by atoms with van der Waals surface area (Å²) in [6, 6.07) is 20.9. The summed E-state index contributed by atoms with van der Waals surface area (Å²) in [5.41, 5.74) is 2.32. The number of benzene rings is 2. The molecule has 3 heterocycles. The predicted molar refractivity (Wildman–Crippen MR) is 140 cm³/mol. The van der Waals surface area contributed by atoms with Crippen molar-refractivity contribution in [3.8, 4) is 0 Å². The number of hydrogen-bond acceptors (Lipinski definition) is 8. The third-order valence-corrected chi connectivity index (χ3v) is 7.32. The summed E-state index contributed by atoms with van der Waals surface area (Å²) in [5, 5.41) is 21.5. The molecule has 0 unspecified atom stereocenters. The molecule has 2 aromatic carbocycles. The van der Waals surface area contributed by atoms with Crippen LogP contribution in [0.5, 0.6) is 0 Å². The van der Waals surface area contributed by atoms with Crippen molar-refractivity contribution < 1.29 is 14.8 Å². The molecule has 0 atom stereocenters. The molecule has 0 saturated carbocycles. The SMILES string of the molecule is O=C(O)C1CCN(c2ncnc(N3CCN(C(c4ccccc4)c4ccccc4)CC3)c2[N+](=O)[O-])CC1. The second-order valence-corrected chi connectivity index (χ2v) is 9.47. The van der Waals surface area contributed by atoms with E-state index in [1.807, 2.05) is 46.2 Å². The molecule has 2 aliphatic heterocycles. The molecule has 0 bridgehead atoms. The summed E-state index contributed by atoms with van der Waals surface area (Å²) in [7, 11) is 0. The van der Waals surface area contributed by atoms with Crippen molar-refractivity contribution in [1.29, 1.82) is 0 Å². The molecular weight excluding hydrogens is 472 g/mol. The Morgan fingerprint density at radius 2 is 1.32 bits per heavy atom. The Morgan fingerprint density at radius 1 is 0.838 bits per heavy atom. The monoisotopic (exact) mass is 502 g/mol. The number of anilines is 2. The van der Waals surface area contributed by atoms with Crippen LogP contribution in [0.25, 0.3) is 0 Å². The van der Waals surface area contributed by atoms with E-state index in [1.54, 1.807) is 0 Å². The van der Waals surface area contributed by atoms with Gasteiger partial charge in [0.05, 0.1) is 16.9 Å². The zero-order chi connectivity index (χ0) is 25.8. The van der Waals surface area contributed by atoms with Gasteiger partial charge in [0, 0.05) is 39.3 Å². The second-order valence-electron chi connectivity index (χ2n) is 9.47. The normalized spacial score (nSPS) is 17.2. The van der Waals surface area contributed by atoms with Crippen LogP contribution in [0, 0.1) is 16.0 Å². The maximum atomic E-state index is 12.2. The van der Waals surface area contributed by atoms with Crippen molar-refractivity contribution in [2.45, 2.75) is 18.9 Å². The molecule has 10 heteroatoms. The van der Waals surface area contributed by atoms with Gasteiger partial charge in [0.2, 0.25) is 11.6 Å². The van der Waals surface area contributed by atoms with Crippen molar-refractivity contribution >= 4 is 23.3 Å². The van der Waals surface area contributed by atoms with Crippen LogP contribution in [0.4, 0.5) is 17.3 Å². The molecule has 5 rings (SSSR count). The first-order valence-corrected chi connectivity index (χ1v) is 12.6. The Labute approximate surface area is 215 Å². The van der Waals surface area contributed by atoms with Crippen LogP contribution in [-0.4, -0.2) is 70.1 Å². The Morgan fingerprint density at radius 3 is 1.78 bits per heavy atom. The molecule has 1 aromatic heterocycles. The van der Waals surface area contributed by atoms with E-state index in [-0.39, 0.29) is 17.5 Å². The number of piperidine rings is 1. The minimum Gasteiger partial charge on any atom is -0.481 e. The Balaban J connectivity index is 1.36. The molecule has 37 heavy (non-hydrogen) atoms. The highest BCUT2D eigenvalue weighted by molar-refractivity contribution is 5.73. The van der Waals surface area contributed by atoms with Gasteiger partial charge in [0.15, 0.2) is 0 Å². The Kier molecular flexibility index (Phi) is 7.27. The minimum absolute atomic E-state index is 0.0935. The topological polar surface area (TPSA) is 116 Å². The maximum Gasteiger partial charge on any atom is 0.353 e. The number of piperazine rings is 1. The van der Waals surface area contributed by atoms with Gasteiger partial charge in [-0.15, -0.1) is 0 Å². The average molecular weight is 503 g/mol. The summed E-state index contributed by atoms with van der Waals surface area (Å²) < 4.78 is 0. The lowest BCUT2D eigenvalue weighted by Crippen LogP contribution is -2.48. The third-order valence-electron chi connectivity index (χ3n) is 7.32. The van der Waals surface area contributed by atoms with Gasteiger partial charge in [0.25, 0.3) is 0 Å². The van der Waals surface area contributed by atoms with Crippen LogP contribution < -0.4 is 9.80 Å². The average Bonchev–Trinajstić information content (AvgIpc) is 2.94. The lowest BCUT2D eigenvalue weighted by Gasteiger charge is -2.40. The van der Waals surface area contributed by atoms with Crippen molar-refractivity contribution in [3.05, 3.63) is 88.2 Å². The Bertz CT molecular complexity index is 1190. The number of hydrogen-bond donors (Lipinski definition) is 1. The van der Waals surface area contributed by atoms with Gasteiger partial charge in [-0.05, 0) is 24.0 Å². The fourth-order valence-electron chi connectivity index (χ4n) is 5.40. The molecule has 0 amide bonds. The third kappa shape index (κ3) is 5.24. The first kappa shape index (κ1) is 24.6. The minimum atomic E-state index is -0.820. The number of carbonyl (C=O) groups is 1. The van der Waals surface area contributed by atoms with Crippen molar-refractivity contribution in [1.82, 2.24) is 14.9 Å². The number of aliphatic carboxylic acids is 1. The second kappa shape index (κ2) is 10.9. The summed E-state index contributed by atoms with van der Waals surface area (Å²) in [6.45, 7) is 3.45. The molecule has 2 aliphatic rings. The molecule has 0 radical (unpaired) electrons. The highest BCUT2D eigenvalue weighted by atomic mass is 16.6. The first-order chi connectivity index (χ1) is 18.0. The van der Waals surface area contributed by atoms with Gasteiger partial charge in [-0.2, -0.15) is 0 Å².